The van der Waals surface area contributed by atoms with Gasteiger partial charge in [0.2, 0.25) is 0 Å². The molecule has 2 aromatic carbocycles. The van der Waals surface area contributed by atoms with Crippen molar-refractivity contribution in [3.05, 3.63) is 69.7 Å². The molecule has 2 aliphatic heterocycles. The SMILES string of the molecule is O=C1CCC2(COC2(c2ccc(Cl)cc2)c2ccc(Cl)cc2)O1. The van der Waals surface area contributed by atoms with E-state index in [2.05, 4.69) is 0 Å². The zero-order chi connectivity index (χ0) is 16.1. The van der Waals surface area contributed by atoms with Gasteiger partial charge >= 0.3 is 5.97 Å². The molecule has 2 aromatic rings. The van der Waals surface area contributed by atoms with E-state index >= 15 is 0 Å². The maximum atomic E-state index is 11.8. The summed E-state index contributed by atoms with van der Waals surface area (Å²) in [6.07, 6.45) is 1.05. The molecule has 0 radical (unpaired) electrons. The van der Waals surface area contributed by atoms with Crippen LogP contribution in [-0.2, 0) is 19.9 Å². The summed E-state index contributed by atoms with van der Waals surface area (Å²) in [5.74, 6) is -0.180. The van der Waals surface area contributed by atoms with Crippen LogP contribution < -0.4 is 0 Å². The highest BCUT2D eigenvalue weighted by Crippen LogP contribution is 2.57. The predicted molar refractivity (Wildman–Crippen MR) is 87.7 cm³/mol. The third-order valence-electron chi connectivity index (χ3n) is 4.71. The van der Waals surface area contributed by atoms with Gasteiger partial charge in [0.15, 0.2) is 11.2 Å². The Morgan fingerprint density at radius 2 is 1.39 bits per heavy atom. The average Bonchev–Trinajstić information content (AvgIpc) is 2.95. The van der Waals surface area contributed by atoms with E-state index in [1.165, 1.54) is 0 Å². The van der Waals surface area contributed by atoms with Crippen molar-refractivity contribution >= 4 is 29.2 Å². The van der Waals surface area contributed by atoms with Crippen LogP contribution in [0.2, 0.25) is 10.0 Å². The van der Waals surface area contributed by atoms with Gasteiger partial charge in [-0.15, -0.1) is 0 Å². The topological polar surface area (TPSA) is 35.5 Å². The van der Waals surface area contributed by atoms with Crippen LogP contribution in [0.3, 0.4) is 0 Å². The molecule has 5 heteroatoms. The van der Waals surface area contributed by atoms with E-state index in [9.17, 15) is 4.79 Å². The molecule has 0 aliphatic carbocycles. The first-order chi connectivity index (χ1) is 11.1. The number of benzene rings is 2. The lowest BCUT2D eigenvalue weighted by Gasteiger charge is -2.56. The minimum atomic E-state index is -0.811. The van der Waals surface area contributed by atoms with Gasteiger partial charge in [-0.05, 0) is 35.4 Å². The summed E-state index contributed by atoms with van der Waals surface area (Å²) in [6, 6.07) is 15.0. The maximum Gasteiger partial charge on any atom is 0.306 e. The molecule has 1 spiro atoms. The summed E-state index contributed by atoms with van der Waals surface area (Å²) in [6.45, 7) is 0.393. The van der Waals surface area contributed by atoms with Crippen molar-refractivity contribution in [2.45, 2.75) is 24.0 Å². The fraction of sp³-hybridized carbons (Fsp3) is 0.278. The molecule has 118 valence electrons. The van der Waals surface area contributed by atoms with E-state index in [0.717, 1.165) is 11.1 Å². The second-order valence-corrected chi connectivity index (χ2v) is 6.82. The molecule has 2 aliphatic rings. The largest absolute Gasteiger partial charge is 0.453 e. The Bertz CT molecular complexity index is 709. The van der Waals surface area contributed by atoms with Gasteiger partial charge in [0.05, 0.1) is 6.61 Å². The van der Waals surface area contributed by atoms with E-state index in [1.807, 2.05) is 48.5 Å². The lowest BCUT2D eigenvalue weighted by molar-refractivity contribution is -0.287. The highest BCUT2D eigenvalue weighted by Gasteiger charge is 2.67. The number of hydrogen-bond acceptors (Lipinski definition) is 3. The van der Waals surface area contributed by atoms with Gasteiger partial charge in [0.25, 0.3) is 0 Å². The molecule has 0 N–H and O–H groups in total. The number of carbonyl (C=O) groups excluding carboxylic acids is 1. The van der Waals surface area contributed by atoms with Crippen molar-refractivity contribution in [3.63, 3.8) is 0 Å². The van der Waals surface area contributed by atoms with Crippen LogP contribution in [0.25, 0.3) is 0 Å². The first kappa shape index (κ1) is 15.0. The number of esters is 1. The standard InChI is InChI=1S/C18H14Cl2O3/c19-14-5-1-12(2-6-14)18(13-3-7-15(20)8-4-13)17(11-22-18)10-9-16(21)23-17/h1-8H,9-11H2. The van der Waals surface area contributed by atoms with Crippen LogP contribution in [0.5, 0.6) is 0 Å². The van der Waals surface area contributed by atoms with Crippen molar-refractivity contribution in [1.29, 1.82) is 0 Å². The van der Waals surface area contributed by atoms with Crippen molar-refractivity contribution < 1.29 is 14.3 Å². The van der Waals surface area contributed by atoms with E-state index in [4.69, 9.17) is 32.7 Å². The molecule has 23 heavy (non-hydrogen) atoms. The minimum Gasteiger partial charge on any atom is -0.453 e. The van der Waals surface area contributed by atoms with Crippen LogP contribution in [-0.4, -0.2) is 18.2 Å². The smallest absolute Gasteiger partial charge is 0.306 e. The van der Waals surface area contributed by atoms with Crippen LogP contribution in [0.4, 0.5) is 0 Å². The van der Waals surface area contributed by atoms with Crippen molar-refractivity contribution in [1.82, 2.24) is 0 Å². The number of carbonyl (C=O) groups is 1. The van der Waals surface area contributed by atoms with Gasteiger partial charge in [-0.25, -0.2) is 0 Å². The highest BCUT2D eigenvalue weighted by atomic mass is 35.5. The molecule has 1 atom stereocenters. The normalized spacial score (nSPS) is 25.2. The first-order valence-corrected chi connectivity index (χ1v) is 8.19. The van der Waals surface area contributed by atoms with Gasteiger partial charge < -0.3 is 9.47 Å². The molecule has 3 nitrogen and oxygen atoms in total. The second-order valence-electron chi connectivity index (χ2n) is 5.95. The van der Waals surface area contributed by atoms with Gasteiger partial charge in [-0.3, -0.25) is 4.79 Å². The molecule has 0 bridgehead atoms. The molecular formula is C18H14Cl2O3. The Morgan fingerprint density at radius 1 is 0.870 bits per heavy atom. The van der Waals surface area contributed by atoms with Crippen molar-refractivity contribution in [3.8, 4) is 0 Å². The third kappa shape index (κ3) is 2.11. The fourth-order valence-electron chi connectivity index (χ4n) is 3.58. The molecule has 2 fully saturated rings. The summed E-state index contributed by atoms with van der Waals surface area (Å²) in [7, 11) is 0. The number of rotatable bonds is 2. The molecule has 1 unspecified atom stereocenters. The molecule has 2 saturated heterocycles. The molecule has 0 amide bonds. The fourth-order valence-corrected chi connectivity index (χ4v) is 3.83. The number of ether oxygens (including phenoxy) is 2. The van der Waals surface area contributed by atoms with E-state index in [1.54, 1.807) is 0 Å². The third-order valence-corrected chi connectivity index (χ3v) is 5.21. The van der Waals surface area contributed by atoms with Gasteiger partial charge in [0, 0.05) is 22.9 Å². The van der Waals surface area contributed by atoms with Crippen LogP contribution in [0.1, 0.15) is 24.0 Å². The second kappa shape index (κ2) is 5.23. The van der Waals surface area contributed by atoms with Crippen LogP contribution >= 0.6 is 23.2 Å². The Kier molecular flexibility index (Phi) is 3.41. The van der Waals surface area contributed by atoms with E-state index in [-0.39, 0.29) is 5.97 Å². The Morgan fingerprint density at radius 3 is 1.74 bits per heavy atom. The zero-order valence-corrected chi connectivity index (χ0v) is 13.7. The van der Waals surface area contributed by atoms with E-state index < -0.39 is 11.2 Å². The van der Waals surface area contributed by atoms with E-state index in [0.29, 0.717) is 29.5 Å². The minimum absolute atomic E-state index is 0.180. The van der Waals surface area contributed by atoms with Crippen molar-refractivity contribution in [2.24, 2.45) is 0 Å². The quantitative estimate of drug-likeness (QED) is 0.757. The number of hydrogen-bond donors (Lipinski definition) is 0. The summed E-state index contributed by atoms with van der Waals surface area (Å²) in [5, 5.41) is 1.30. The Balaban J connectivity index is 1.89. The molecule has 0 aromatic heterocycles. The van der Waals surface area contributed by atoms with Gasteiger partial charge in [-0.1, -0.05) is 47.5 Å². The van der Waals surface area contributed by atoms with Crippen molar-refractivity contribution in [2.75, 3.05) is 6.61 Å². The van der Waals surface area contributed by atoms with Crippen LogP contribution in [0, 0.1) is 0 Å². The monoisotopic (exact) mass is 348 g/mol. The Hall–Kier alpha value is -1.55. The zero-order valence-electron chi connectivity index (χ0n) is 12.2. The summed E-state index contributed by atoms with van der Waals surface area (Å²) in [4.78, 5) is 11.8. The molecule has 2 heterocycles. The molecular weight excluding hydrogens is 335 g/mol. The lowest BCUT2D eigenvalue weighted by atomic mass is 9.67. The Labute approximate surface area is 144 Å². The predicted octanol–water partition coefficient (Wildman–Crippen LogP) is 4.34. The average molecular weight is 349 g/mol. The van der Waals surface area contributed by atoms with Crippen LogP contribution in [0.15, 0.2) is 48.5 Å². The number of halogens is 2. The van der Waals surface area contributed by atoms with Gasteiger partial charge in [-0.2, -0.15) is 0 Å². The molecule has 0 saturated carbocycles. The van der Waals surface area contributed by atoms with Gasteiger partial charge in [0.1, 0.15) is 0 Å². The summed E-state index contributed by atoms with van der Waals surface area (Å²) >= 11 is 12.0. The molecule has 4 rings (SSSR count). The summed E-state index contributed by atoms with van der Waals surface area (Å²) < 4.78 is 11.8. The lowest BCUT2D eigenvalue weighted by Crippen LogP contribution is -2.66. The first-order valence-electron chi connectivity index (χ1n) is 7.44. The summed E-state index contributed by atoms with van der Waals surface area (Å²) in [5.41, 5.74) is 0.371. The maximum absolute atomic E-state index is 11.8. The highest BCUT2D eigenvalue weighted by molar-refractivity contribution is 6.30.